The van der Waals surface area contributed by atoms with Gasteiger partial charge >= 0.3 is 0 Å². The average Bonchev–Trinajstić information content (AvgIpc) is 2.66. The van der Waals surface area contributed by atoms with E-state index in [4.69, 9.17) is 0 Å². The van der Waals surface area contributed by atoms with Crippen molar-refractivity contribution in [1.29, 1.82) is 0 Å². The Morgan fingerprint density at radius 2 is 2.00 bits per heavy atom. The SMILES string of the molecule is CC(C)C(CBr)(CBr)CCc1cnn(C)c1. The van der Waals surface area contributed by atoms with Crippen LogP contribution in [0.3, 0.4) is 0 Å². The smallest absolute Gasteiger partial charge is 0.0521 e. The van der Waals surface area contributed by atoms with Gasteiger partial charge in [-0.15, -0.1) is 0 Å². The van der Waals surface area contributed by atoms with Crippen molar-refractivity contribution in [2.24, 2.45) is 18.4 Å². The lowest BCUT2D eigenvalue weighted by Crippen LogP contribution is -2.31. The van der Waals surface area contributed by atoms with Crippen LogP contribution in [0.15, 0.2) is 12.4 Å². The van der Waals surface area contributed by atoms with Gasteiger partial charge in [-0.25, -0.2) is 0 Å². The topological polar surface area (TPSA) is 17.8 Å². The van der Waals surface area contributed by atoms with Crippen molar-refractivity contribution in [2.75, 3.05) is 10.7 Å². The minimum absolute atomic E-state index is 0.343. The van der Waals surface area contributed by atoms with Crippen molar-refractivity contribution in [2.45, 2.75) is 26.7 Å². The average molecular weight is 352 g/mol. The Morgan fingerprint density at radius 3 is 2.38 bits per heavy atom. The van der Waals surface area contributed by atoms with Crippen molar-refractivity contribution < 1.29 is 0 Å². The number of aromatic nitrogens is 2. The molecule has 2 nitrogen and oxygen atoms in total. The van der Waals surface area contributed by atoms with Gasteiger partial charge in [0.2, 0.25) is 0 Å². The van der Waals surface area contributed by atoms with Crippen LogP contribution in [0.25, 0.3) is 0 Å². The highest BCUT2D eigenvalue weighted by Crippen LogP contribution is 2.36. The normalized spacial score (nSPS) is 12.4. The molecule has 0 saturated heterocycles. The molecule has 0 fully saturated rings. The molecular formula is C12H20Br2N2. The Labute approximate surface area is 115 Å². The van der Waals surface area contributed by atoms with Gasteiger partial charge in [0.15, 0.2) is 0 Å². The van der Waals surface area contributed by atoms with E-state index in [1.165, 1.54) is 12.0 Å². The number of hydrogen-bond acceptors (Lipinski definition) is 1. The standard InChI is InChI=1S/C12H20Br2N2/c1-10(2)12(8-13,9-14)5-4-11-6-15-16(3)7-11/h6-7,10H,4-5,8-9H2,1-3H3. The summed E-state index contributed by atoms with van der Waals surface area (Å²) >= 11 is 7.32. The van der Waals surface area contributed by atoms with E-state index in [0.717, 1.165) is 17.1 Å². The predicted octanol–water partition coefficient (Wildman–Crippen LogP) is 3.78. The first-order valence-corrected chi connectivity index (χ1v) is 7.88. The summed E-state index contributed by atoms with van der Waals surface area (Å²) in [7, 11) is 1.97. The summed E-state index contributed by atoms with van der Waals surface area (Å²) in [6.45, 7) is 4.59. The highest BCUT2D eigenvalue weighted by molar-refractivity contribution is 9.09. The molecule has 0 aromatic carbocycles. The van der Waals surface area contributed by atoms with E-state index in [9.17, 15) is 0 Å². The van der Waals surface area contributed by atoms with E-state index >= 15 is 0 Å². The lowest BCUT2D eigenvalue weighted by atomic mass is 9.77. The Kier molecular flexibility index (Phi) is 5.51. The number of aryl methyl sites for hydroxylation is 2. The molecule has 4 heteroatoms. The molecule has 0 saturated carbocycles. The van der Waals surface area contributed by atoms with Crippen molar-refractivity contribution >= 4 is 31.9 Å². The summed E-state index contributed by atoms with van der Waals surface area (Å²) in [4.78, 5) is 0. The number of rotatable bonds is 6. The second-order valence-electron chi connectivity index (χ2n) is 4.81. The zero-order chi connectivity index (χ0) is 12.2. The molecule has 0 aliphatic rings. The maximum atomic E-state index is 4.21. The zero-order valence-corrected chi connectivity index (χ0v) is 13.4. The first kappa shape index (κ1) is 14.2. The van der Waals surface area contributed by atoms with Crippen LogP contribution >= 0.6 is 31.9 Å². The van der Waals surface area contributed by atoms with Crippen LogP contribution in [-0.4, -0.2) is 20.4 Å². The maximum Gasteiger partial charge on any atom is 0.0521 e. The van der Waals surface area contributed by atoms with Gasteiger partial charge in [-0.2, -0.15) is 5.10 Å². The molecule has 1 heterocycles. The second-order valence-corrected chi connectivity index (χ2v) is 5.93. The van der Waals surface area contributed by atoms with E-state index in [2.05, 4.69) is 57.0 Å². The predicted molar refractivity (Wildman–Crippen MR) is 76.4 cm³/mol. The molecular weight excluding hydrogens is 332 g/mol. The Morgan fingerprint density at radius 1 is 1.38 bits per heavy atom. The van der Waals surface area contributed by atoms with E-state index in [0.29, 0.717) is 11.3 Å². The first-order chi connectivity index (χ1) is 7.54. The molecule has 1 rings (SSSR count). The lowest BCUT2D eigenvalue weighted by Gasteiger charge is -2.34. The molecule has 0 bridgehead atoms. The Hall–Kier alpha value is 0.170. The van der Waals surface area contributed by atoms with Gasteiger partial charge in [0.25, 0.3) is 0 Å². The molecule has 0 aliphatic carbocycles. The minimum atomic E-state index is 0.343. The van der Waals surface area contributed by atoms with Gasteiger partial charge in [0.05, 0.1) is 6.20 Å². The Balaban J connectivity index is 2.63. The number of nitrogens with zero attached hydrogens (tertiary/aromatic N) is 2. The monoisotopic (exact) mass is 350 g/mol. The van der Waals surface area contributed by atoms with Crippen LogP contribution in [0, 0.1) is 11.3 Å². The van der Waals surface area contributed by atoms with Crippen molar-refractivity contribution in [3.8, 4) is 0 Å². The van der Waals surface area contributed by atoms with Crippen LogP contribution in [0.5, 0.6) is 0 Å². The van der Waals surface area contributed by atoms with Crippen molar-refractivity contribution in [3.63, 3.8) is 0 Å². The third kappa shape index (κ3) is 3.33. The molecule has 0 amide bonds. The lowest BCUT2D eigenvalue weighted by molar-refractivity contribution is 0.248. The molecule has 1 aromatic rings. The minimum Gasteiger partial charge on any atom is -0.276 e. The quantitative estimate of drug-likeness (QED) is 0.713. The second kappa shape index (κ2) is 6.20. The highest BCUT2D eigenvalue weighted by Gasteiger charge is 2.31. The van der Waals surface area contributed by atoms with Crippen LogP contribution in [0.2, 0.25) is 0 Å². The van der Waals surface area contributed by atoms with Crippen LogP contribution in [0.4, 0.5) is 0 Å². The van der Waals surface area contributed by atoms with Crippen LogP contribution < -0.4 is 0 Å². The fourth-order valence-corrected chi connectivity index (χ4v) is 4.55. The van der Waals surface area contributed by atoms with Crippen LogP contribution in [0.1, 0.15) is 25.8 Å². The largest absolute Gasteiger partial charge is 0.276 e. The van der Waals surface area contributed by atoms with Gasteiger partial charge in [0, 0.05) is 23.9 Å². The summed E-state index contributed by atoms with van der Waals surface area (Å²) < 4.78 is 1.87. The van der Waals surface area contributed by atoms with Gasteiger partial charge in [0.1, 0.15) is 0 Å². The molecule has 16 heavy (non-hydrogen) atoms. The van der Waals surface area contributed by atoms with E-state index in [1.807, 2.05) is 17.9 Å². The van der Waals surface area contributed by atoms with Crippen molar-refractivity contribution in [1.82, 2.24) is 9.78 Å². The fourth-order valence-electron chi connectivity index (χ4n) is 1.76. The molecule has 1 aromatic heterocycles. The zero-order valence-electron chi connectivity index (χ0n) is 10.2. The number of halogens is 2. The third-order valence-corrected chi connectivity index (χ3v) is 5.66. The molecule has 0 N–H and O–H groups in total. The highest BCUT2D eigenvalue weighted by atomic mass is 79.9. The van der Waals surface area contributed by atoms with E-state index in [-0.39, 0.29) is 0 Å². The number of hydrogen-bond donors (Lipinski definition) is 0. The van der Waals surface area contributed by atoms with Gasteiger partial charge < -0.3 is 0 Å². The summed E-state index contributed by atoms with van der Waals surface area (Å²) in [6, 6.07) is 0. The van der Waals surface area contributed by atoms with Crippen molar-refractivity contribution in [3.05, 3.63) is 18.0 Å². The summed E-state index contributed by atoms with van der Waals surface area (Å²) in [5.41, 5.74) is 1.67. The van der Waals surface area contributed by atoms with Gasteiger partial charge in [-0.3, -0.25) is 4.68 Å². The van der Waals surface area contributed by atoms with Gasteiger partial charge in [-0.1, -0.05) is 45.7 Å². The summed E-state index contributed by atoms with van der Waals surface area (Å²) in [5.74, 6) is 0.669. The Bertz CT molecular complexity index is 317. The summed E-state index contributed by atoms with van der Waals surface area (Å²) in [6.07, 6.45) is 6.36. The summed E-state index contributed by atoms with van der Waals surface area (Å²) in [5, 5.41) is 6.30. The fraction of sp³-hybridized carbons (Fsp3) is 0.750. The van der Waals surface area contributed by atoms with E-state index in [1.54, 1.807) is 0 Å². The first-order valence-electron chi connectivity index (χ1n) is 5.63. The van der Waals surface area contributed by atoms with E-state index < -0.39 is 0 Å². The molecule has 0 radical (unpaired) electrons. The molecule has 0 unspecified atom stereocenters. The molecule has 0 aliphatic heterocycles. The molecule has 0 atom stereocenters. The molecule has 0 spiro atoms. The van der Waals surface area contributed by atoms with Gasteiger partial charge in [-0.05, 0) is 29.7 Å². The number of alkyl halides is 2. The molecule has 92 valence electrons. The maximum absolute atomic E-state index is 4.21. The van der Waals surface area contributed by atoms with Crippen LogP contribution in [-0.2, 0) is 13.5 Å². The third-order valence-electron chi connectivity index (χ3n) is 3.43.